The molecule has 0 radical (unpaired) electrons. The third-order valence-electron chi connectivity index (χ3n) is 5.74. The molecule has 2 rings (SSSR count). The molecule has 0 bridgehead atoms. The van der Waals surface area contributed by atoms with Crippen LogP contribution in [0.15, 0.2) is 0 Å². The first-order valence-electron chi connectivity index (χ1n) is 9.20. The maximum Gasteiger partial charge on any atom is 0.239 e. The van der Waals surface area contributed by atoms with Gasteiger partial charge < -0.3 is 14.9 Å². The summed E-state index contributed by atoms with van der Waals surface area (Å²) in [7, 11) is 6.07. The van der Waals surface area contributed by atoms with Crippen molar-refractivity contribution in [3.8, 4) is 0 Å². The smallest absolute Gasteiger partial charge is 0.239 e. The Bertz CT molecular complexity index is 386. The summed E-state index contributed by atoms with van der Waals surface area (Å²) >= 11 is 0. The van der Waals surface area contributed by atoms with Crippen LogP contribution in [-0.2, 0) is 4.79 Å². The predicted molar refractivity (Wildman–Crippen MR) is 93.4 cm³/mol. The number of aliphatic hydroxyl groups is 1. The maximum atomic E-state index is 12.8. The van der Waals surface area contributed by atoms with E-state index in [4.69, 9.17) is 0 Å². The minimum Gasteiger partial charge on any atom is -0.388 e. The summed E-state index contributed by atoms with van der Waals surface area (Å²) in [5, 5.41) is 10.6. The number of amides is 1. The summed E-state index contributed by atoms with van der Waals surface area (Å²) in [6.07, 6.45) is 7.71. The van der Waals surface area contributed by atoms with Gasteiger partial charge in [-0.3, -0.25) is 9.69 Å². The lowest BCUT2D eigenvalue weighted by Gasteiger charge is -2.42. The molecule has 1 saturated carbocycles. The van der Waals surface area contributed by atoms with Gasteiger partial charge in [-0.2, -0.15) is 0 Å². The molecule has 5 nitrogen and oxygen atoms in total. The highest BCUT2D eigenvalue weighted by molar-refractivity contribution is 5.81. The van der Waals surface area contributed by atoms with Gasteiger partial charge in [-0.1, -0.05) is 19.3 Å². The number of hydrogen-bond acceptors (Lipinski definition) is 4. The third kappa shape index (κ3) is 4.91. The van der Waals surface area contributed by atoms with Crippen LogP contribution in [0.25, 0.3) is 0 Å². The third-order valence-corrected chi connectivity index (χ3v) is 5.74. The van der Waals surface area contributed by atoms with E-state index in [1.54, 1.807) is 0 Å². The average Bonchev–Trinajstić information content (AvgIpc) is 2.53. The largest absolute Gasteiger partial charge is 0.388 e. The fourth-order valence-corrected chi connectivity index (χ4v) is 4.13. The molecule has 23 heavy (non-hydrogen) atoms. The predicted octanol–water partition coefficient (Wildman–Crippen LogP) is 1.55. The highest BCUT2D eigenvalue weighted by atomic mass is 16.3. The van der Waals surface area contributed by atoms with Gasteiger partial charge in [-0.15, -0.1) is 0 Å². The molecule has 1 N–H and O–H groups in total. The van der Waals surface area contributed by atoms with E-state index >= 15 is 0 Å². The number of nitrogens with zero attached hydrogens (tertiary/aromatic N) is 3. The van der Waals surface area contributed by atoms with Gasteiger partial charge in [-0.05, 0) is 53.8 Å². The van der Waals surface area contributed by atoms with Crippen molar-refractivity contribution in [2.75, 3.05) is 40.8 Å². The molecular formula is C18H35N3O2. The van der Waals surface area contributed by atoms with Crippen molar-refractivity contribution in [1.29, 1.82) is 0 Å². The van der Waals surface area contributed by atoms with E-state index < -0.39 is 5.60 Å². The van der Waals surface area contributed by atoms with Gasteiger partial charge >= 0.3 is 0 Å². The Kier molecular flexibility index (Phi) is 6.46. The zero-order valence-corrected chi connectivity index (χ0v) is 15.4. The quantitative estimate of drug-likeness (QED) is 0.833. The average molecular weight is 325 g/mol. The Morgan fingerprint density at radius 2 is 1.74 bits per heavy atom. The van der Waals surface area contributed by atoms with Crippen molar-refractivity contribution in [1.82, 2.24) is 14.7 Å². The van der Waals surface area contributed by atoms with E-state index in [1.807, 2.05) is 30.8 Å². The summed E-state index contributed by atoms with van der Waals surface area (Å²) in [6.45, 7) is 4.06. The molecule has 1 aliphatic heterocycles. The number of carbonyl (C=O) groups is 1. The molecule has 0 aromatic carbocycles. The second-order valence-electron chi connectivity index (χ2n) is 7.92. The summed E-state index contributed by atoms with van der Waals surface area (Å²) in [6, 6.07) is 0.497. The molecule has 1 aliphatic carbocycles. The topological polar surface area (TPSA) is 47.0 Å². The normalized spacial score (nSPS) is 24.2. The molecule has 1 saturated heterocycles. The van der Waals surface area contributed by atoms with Crippen molar-refractivity contribution in [2.45, 2.75) is 69.6 Å². The zero-order valence-electron chi connectivity index (χ0n) is 15.4. The number of likely N-dealkylation sites (N-methyl/N-ethyl adjacent to an activating group) is 2. The molecule has 0 aromatic rings. The molecule has 0 aromatic heterocycles. The Hall–Kier alpha value is -0.650. The zero-order chi connectivity index (χ0) is 17.0. The van der Waals surface area contributed by atoms with Crippen molar-refractivity contribution >= 4 is 5.91 Å². The first kappa shape index (κ1) is 18.7. The lowest BCUT2D eigenvalue weighted by molar-refractivity contribution is -0.141. The highest BCUT2D eigenvalue weighted by Crippen LogP contribution is 2.26. The molecule has 2 fully saturated rings. The first-order chi connectivity index (χ1) is 10.8. The Morgan fingerprint density at radius 3 is 2.26 bits per heavy atom. The van der Waals surface area contributed by atoms with Crippen LogP contribution in [-0.4, -0.2) is 84.2 Å². The minimum absolute atomic E-state index is 0.0573. The molecule has 1 amide bonds. The van der Waals surface area contributed by atoms with Gasteiger partial charge in [0, 0.05) is 25.7 Å². The van der Waals surface area contributed by atoms with Crippen LogP contribution >= 0.6 is 0 Å². The Morgan fingerprint density at radius 1 is 1.17 bits per heavy atom. The maximum absolute atomic E-state index is 12.8. The fourth-order valence-electron chi connectivity index (χ4n) is 4.13. The highest BCUT2D eigenvalue weighted by Gasteiger charge is 2.36. The number of likely N-dealkylation sites (tertiary alicyclic amines) is 1. The second-order valence-corrected chi connectivity index (χ2v) is 7.92. The molecule has 0 spiro atoms. The summed E-state index contributed by atoms with van der Waals surface area (Å²) in [5.41, 5.74) is -0.640. The van der Waals surface area contributed by atoms with Crippen molar-refractivity contribution < 1.29 is 9.90 Å². The van der Waals surface area contributed by atoms with Gasteiger partial charge in [-0.25, -0.2) is 0 Å². The lowest BCUT2D eigenvalue weighted by Crippen LogP contribution is -2.55. The Labute approximate surface area is 141 Å². The van der Waals surface area contributed by atoms with Gasteiger partial charge in [0.25, 0.3) is 0 Å². The first-order valence-corrected chi connectivity index (χ1v) is 9.20. The van der Waals surface area contributed by atoms with Crippen LogP contribution in [0.5, 0.6) is 0 Å². The van der Waals surface area contributed by atoms with Crippen LogP contribution in [0.4, 0.5) is 0 Å². The van der Waals surface area contributed by atoms with E-state index in [-0.39, 0.29) is 11.9 Å². The van der Waals surface area contributed by atoms with Crippen LogP contribution in [0.2, 0.25) is 0 Å². The second kappa shape index (κ2) is 7.95. The molecule has 0 unspecified atom stereocenters. The number of hydrogen-bond donors (Lipinski definition) is 1. The van der Waals surface area contributed by atoms with Crippen LogP contribution in [0.1, 0.15) is 51.9 Å². The number of rotatable bonds is 5. The lowest BCUT2D eigenvalue weighted by atomic mass is 9.90. The van der Waals surface area contributed by atoms with Crippen molar-refractivity contribution in [2.24, 2.45) is 0 Å². The fraction of sp³-hybridized carbons (Fsp3) is 0.944. The van der Waals surface area contributed by atoms with Gasteiger partial charge in [0.05, 0.1) is 11.6 Å². The number of carbonyl (C=O) groups excluding carboxylic acids is 1. The van der Waals surface area contributed by atoms with E-state index in [1.165, 1.54) is 32.1 Å². The number of piperidine rings is 1. The SMILES string of the molecule is C[C@H](C(=O)N1CCC(O)(CN(C)C)CC1)N(C)C1CCCCC1. The molecule has 5 heteroatoms. The molecular weight excluding hydrogens is 290 g/mol. The van der Waals surface area contributed by atoms with E-state index in [0.29, 0.717) is 38.5 Å². The molecule has 1 atom stereocenters. The van der Waals surface area contributed by atoms with Crippen molar-refractivity contribution in [3.63, 3.8) is 0 Å². The van der Waals surface area contributed by atoms with Gasteiger partial charge in [0.2, 0.25) is 5.91 Å². The van der Waals surface area contributed by atoms with E-state index in [9.17, 15) is 9.90 Å². The van der Waals surface area contributed by atoms with E-state index in [0.717, 1.165) is 0 Å². The molecule has 1 heterocycles. The van der Waals surface area contributed by atoms with Gasteiger partial charge in [0.1, 0.15) is 0 Å². The Balaban J connectivity index is 1.86. The summed E-state index contributed by atoms with van der Waals surface area (Å²) in [5.74, 6) is 0.227. The van der Waals surface area contributed by atoms with Crippen molar-refractivity contribution in [3.05, 3.63) is 0 Å². The minimum atomic E-state index is -0.640. The van der Waals surface area contributed by atoms with Crippen LogP contribution in [0, 0.1) is 0 Å². The van der Waals surface area contributed by atoms with Crippen LogP contribution < -0.4 is 0 Å². The standard InChI is InChI=1S/C18H35N3O2/c1-15(20(4)16-8-6-5-7-9-16)17(22)21-12-10-18(23,11-13-21)14-19(2)3/h15-16,23H,5-14H2,1-4H3/t15-/m1/s1. The molecule has 134 valence electrons. The summed E-state index contributed by atoms with van der Waals surface area (Å²) in [4.78, 5) is 19.1. The van der Waals surface area contributed by atoms with Gasteiger partial charge in [0.15, 0.2) is 0 Å². The van der Waals surface area contributed by atoms with E-state index in [2.05, 4.69) is 11.9 Å². The molecule has 2 aliphatic rings. The monoisotopic (exact) mass is 325 g/mol. The van der Waals surface area contributed by atoms with Crippen LogP contribution in [0.3, 0.4) is 0 Å². The summed E-state index contributed by atoms with van der Waals surface area (Å²) < 4.78 is 0.